The van der Waals surface area contributed by atoms with Crippen LogP contribution in [0.3, 0.4) is 0 Å². The van der Waals surface area contributed by atoms with Crippen molar-refractivity contribution in [2.24, 2.45) is 0 Å². The molecule has 0 rings (SSSR count). The summed E-state index contributed by atoms with van der Waals surface area (Å²) in [6, 6.07) is -0.382. The van der Waals surface area contributed by atoms with E-state index in [1.165, 1.54) is 0 Å². The molecule has 0 aliphatic heterocycles. The zero-order valence-corrected chi connectivity index (χ0v) is 9.84. The monoisotopic (exact) mass is 219 g/mol. The number of rotatable bonds is 4. The summed E-state index contributed by atoms with van der Waals surface area (Å²) >= 11 is 0. The Morgan fingerprint density at radius 1 is 1.29 bits per heavy atom. The standard InChI is InChI=1S/C9H17NO3S/c1-6-9(11)10(7(2)3)14(12,13)8(4)5/h6-8H,1H2,2-5H3. The molecule has 5 heteroatoms. The third-order valence-corrected chi connectivity index (χ3v) is 4.07. The van der Waals surface area contributed by atoms with E-state index in [-0.39, 0.29) is 6.04 Å². The van der Waals surface area contributed by atoms with Crippen molar-refractivity contribution in [3.63, 3.8) is 0 Å². The average Bonchev–Trinajstić information content (AvgIpc) is 2.02. The highest BCUT2D eigenvalue weighted by Gasteiger charge is 2.30. The molecule has 0 heterocycles. The van der Waals surface area contributed by atoms with Crippen molar-refractivity contribution >= 4 is 15.9 Å². The first-order chi connectivity index (χ1) is 6.25. The molecule has 0 N–H and O–H groups in total. The Kier molecular flexibility index (Phi) is 4.32. The average molecular weight is 219 g/mol. The highest BCUT2D eigenvalue weighted by molar-refractivity contribution is 7.90. The molecule has 0 saturated heterocycles. The minimum Gasteiger partial charge on any atom is -0.269 e. The summed E-state index contributed by atoms with van der Waals surface area (Å²) < 4.78 is 24.3. The van der Waals surface area contributed by atoms with Gasteiger partial charge in [-0.05, 0) is 33.8 Å². The lowest BCUT2D eigenvalue weighted by atomic mass is 10.4. The summed E-state index contributed by atoms with van der Waals surface area (Å²) in [4.78, 5) is 11.3. The van der Waals surface area contributed by atoms with Crippen LogP contribution >= 0.6 is 0 Å². The first-order valence-corrected chi connectivity index (χ1v) is 5.95. The van der Waals surface area contributed by atoms with E-state index in [1.54, 1.807) is 27.7 Å². The van der Waals surface area contributed by atoms with Gasteiger partial charge in [-0.1, -0.05) is 6.58 Å². The Hall–Kier alpha value is -0.840. The molecule has 82 valence electrons. The van der Waals surface area contributed by atoms with Crippen LogP contribution in [-0.4, -0.2) is 29.9 Å². The van der Waals surface area contributed by atoms with E-state index < -0.39 is 21.2 Å². The first kappa shape index (κ1) is 13.2. The van der Waals surface area contributed by atoms with Gasteiger partial charge in [0.2, 0.25) is 10.0 Å². The minimum absolute atomic E-state index is 0.382. The number of amides is 1. The van der Waals surface area contributed by atoms with Crippen molar-refractivity contribution in [2.75, 3.05) is 0 Å². The maximum atomic E-state index is 11.7. The van der Waals surface area contributed by atoms with Crippen LogP contribution in [0.1, 0.15) is 27.7 Å². The summed E-state index contributed by atoms with van der Waals surface area (Å²) in [6.07, 6.45) is 1.01. The highest BCUT2D eigenvalue weighted by atomic mass is 32.2. The molecular weight excluding hydrogens is 202 g/mol. The molecule has 0 unspecified atom stereocenters. The van der Waals surface area contributed by atoms with Gasteiger partial charge in [-0.3, -0.25) is 4.79 Å². The first-order valence-electron chi connectivity index (χ1n) is 4.44. The lowest BCUT2D eigenvalue weighted by Crippen LogP contribution is -2.44. The molecule has 0 aromatic rings. The fourth-order valence-corrected chi connectivity index (χ4v) is 2.36. The SMILES string of the molecule is C=CC(=O)N(C(C)C)S(=O)(=O)C(C)C. The van der Waals surface area contributed by atoms with Gasteiger partial charge in [0.1, 0.15) is 0 Å². The van der Waals surface area contributed by atoms with Crippen molar-refractivity contribution in [1.29, 1.82) is 0 Å². The largest absolute Gasteiger partial charge is 0.269 e. The Morgan fingerprint density at radius 2 is 1.71 bits per heavy atom. The van der Waals surface area contributed by atoms with Crippen molar-refractivity contribution in [2.45, 2.75) is 39.0 Å². The molecule has 0 spiro atoms. The molecule has 0 aliphatic rings. The fraction of sp³-hybridized carbons (Fsp3) is 0.667. The summed E-state index contributed by atoms with van der Waals surface area (Å²) in [5.74, 6) is -0.575. The van der Waals surface area contributed by atoms with Gasteiger partial charge in [0.25, 0.3) is 5.91 Å². The maximum Gasteiger partial charge on any atom is 0.259 e. The zero-order chi connectivity index (χ0) is 11.5. The molecule has 0 radical (unpaired) electrons. The molecule has 0 aliphatic carbocycles. The molecule has 0 atom stereocenters. The molecule has 0 bridgehead atoms. The number of hydrogen-bond donors (Lipinski definition) is 0. The summed E-state index contributed by atoms with van der Waals surface area (Å²) in [6.45, 7) is 9.67. The molecule has 0 aromatic carbocycles. The molecule has 1 amide bonds. The van der Waals surface area contributed by atoms with Gasteiger partial charge in [0.15, 0.2) is 0 Å². The molecule has 14 heavy (non-hydrogen) atoms. The Balaban J connectivity index is 5.24. The zero-order valence-electron chi connectivity index (χ0n) is 9.02. The number of hydrogen-bond acceptors (Lipinski definition) is 3. The lowest BCUT2D eigenvalue weighted by molar-refractivity contribution is -0.122. The van der Waals surface area contributed by atoms with Gasteiger partial charge < -0.3 is 0 Å². The van der Waals surface area contributed by atoms with E-state index in [4.69, 9.17) is 0 Å². The van der Waals surface area contributed by atoms with E-state index in [0.717, 1.165) is 10.4 Å². The van der Waals surface area contributed by atoms with Crippen LogP contribution < -0.4 is 0 Å². The van der Waals surface area contributed by atoms with Crippen molar-refractivity contribution in [1.82, 2.24) is 4.31 Å². The molecule has 4 nitrogen and oxygen atoms in total. The smallest absolute Gasteiger partial charge is 0.259 e. The van der Waals surface area contributed by atoms with Gasteiger partial charge in [0, 0.05) is 6.04 Å². The van der Waals surface area contributed by atoms with Crippen LogP contribution in [0.15, 0.2) is 12.7 Å². The van der Waals surface area contributed by atoms with Crippen LogP contribution in [-0.2, 0) is 14.8 Å². The third kappa shape index (κ3) is 2.57. The highest BCUT2D eigenvalue weighted by Crippen LogP contribution is 2.13. The van der Waals surface area contributed by atoms with Crippen LogP contribution in [0, 0.1) is 0 Å². The van der Waals surface area contributed by atoms with Crippen molar-refractivity contribution in [3.8, 4) is 0 Å². The predicted octanol–water partition coefficient (Wildman–Crippen LogP) is 1.15. The Labute approximate surface area is 85.7 Å². The number of sulfonamides is 1. The van der Waals surface area contributed by atoms with Crippen molar-refractivity contribution in [3.05, 3.63) is 12.7 Å². The number of nitrogens with zero attached hydrogens (tertiary/aromatic N) is 1. The second-order valence-corrected chi connectivity index (χ2v) is 5.89. The minimum atomic E-state index is -3.54. The van der Waals surface area contributed by atoms with E-state index >= 15 is 0 Å². The van der Waals surface area contributed by atoms with Crippen LogP contribution in [0.2, 0.25) is 0 Å². The van der Waals surface area contributed by atoms with Crippen LogP contribution in [0.4, 0.5) is 0 Å². The Morgan fingerprint density at radius 3 is 1.93 bits per heavy atom. The van der Waals surface area contributed by atoms with E-state index in [2.05, 4.69) is 6.58 Å². The molecular formula is C9H17NO3S. The van der Waals surface area contributed by atoms with E-state index in [9.17, 15) is 13.2 Å². The molecule has 0 aromatic heterocycles. The number of carbonyl (C=O) groups is 1. The molecule has 0 fully saturated rings. The lowest BCUT2D eigenvalue weighted by Gasteiger charge is -2.26. The third-order valence-electron chi connectivity index (χ3n) is 1.73. The van der Waals surface area contributed by atoms with Crippen LogP contribution in [0.5, 0.6) is 0 Å². The summed E-state index contributed by atoms with van der Waals surface area (Å²) in [5, 5.41) is -0.603. The van der Waals surface area contributed by atoms with Crippen molar-refractivity contribution < 1.29 is 13.2 Å². The van der Waals surface area contributed by atoms with Gasteiger partial charge in [-0.15, -0.1) is 0 Å². The van der Waals surface area contributed by atoms with Gasteiger partial charge in [-0.2, -0.15) is 0 Å². The number of carbonyl (C=O) groups excluding carboxylic acids is 1. The Bertz CT molecular complexity index is 317. The predicted molar refractivity (Wildman–Crippen MR) is 56.2 cm³/mol. The maximum absolute atomic E-state index is 11.7. The topological polar surface area (TPSA) is 54.5 Å². The second-order valence-electron chi connectivity index (χ2n) is 3.53. The van der Waals surface area contributed by atoms with Gasteiger partial charge in [0.05, 0.1) is 5.25 Å². The summed E-state index contributed by atoms with van der Waals surface area (Å²) in [5.41, 5.74) is 0. The van der Waals surface area contributed by atoms with E-state index in [0.29, 0.717) is 0 Å². The second kappa shape index (κ2) is 4.59. The van der Waals surface area contributed by atoms with E-state index in [1.807, 2.05) is 0 Å². The van der Waals surface area contributed by atoms with Gasteiger partial charge >= 0.3 is 0 Å². The normalized spacial score (nSPS) is 11.9. The van der Waals surface area contributed by atoms with Crippen LogP contribution in [0.25, 0.3) is 0 Å². The quantitative estimate of drug-likeness (QED) is 0.666. The summed E-state index contributed by atoms with van der Waals surface area (Å²) in [7, 11) is -3.54. The van der Waals surface area contributed by atoms with Gasteiger partial charge in [-0.25, -0.2) is 12.7 Å². The fourth-order valence-electron chi connectivity index (χ4n) is 0.991. The molecule has 0 saturated carbocycles.